The molecule has 0 spiro atoms. The molecule has 0 N–H and O–H groups in total. The molecule has 3 aliphatic rings. The van der Waals surface area contributed by atoms with Crippen LogP contribution in [0.4, 0.5) is 4.79 Å². The van der Waals surface area contributed by atoms with Gasteiger partial charge in [0.1, 0.15) is 6.54 Å². The third-order valence-corrected chi connectivity index (χ3v) is 5.27. The molecule has 3 rings (SSSR count). The summed E-state index contributed by atoms with van der Waals surface area (Å²) in [5.74, 6) is 0.440. The average Bonchev–Trinajstić information content (AvgIpc) is 2.97. The predicted molar refractivity (Wildman–Crippen MR) is 89.2 cm³/mol. The molecule has 1 saturated heterocycles. The normalized spacial score (nSPS) is 23.2. The van der Waals surface area contributed by atoms with Crippen molar-refractivity contribution in [3.63, 3.8) is 0 Å². The summed E-state index contributed by atoms with van der Waals surface area (Å²) >= 11 is 1.59. The van der Waals surface area contributed by atoms with Crippen LogP contribution < -0.4 is 0 Å². The maximum absolute atomic E-state index is 12.8. The highest BCUT2D eigenvalue weighted by Gasteiger charge is 2.54. The third kappa shape index (κ3) is 2.92. The van der Waals surface area contributed by atoms with Crippen molar-refractivity contribution in [1.82, 2.24) is 9.80 Å². The number of amides is 3. The minimum atomic E-state index is -0.612. The van der Waals surface area contributed by atoms with Crippen molar-refractivity contribution in [2.75, 3.05) is 32.5 Å². The first-order valence-corrected chi connectivity index (χ1v) is 9.12. The number of unbranched alkanes of at least 4 members (excludes halogenated alkanes) is 1. The van der Waals surface area contributed by atoms with Gasteiger partial charge in [0, 0.05) is 12.8 Å². The fraction of sp³-hybridized carbons (Fsp3) is 0.667. The Hall–Kier alpha value is -1.90. The smallest absolute Gasteiger partial charge is 0.357 e. The third-order valence-electron chi connectivity index (χ3n) is 4.20. The van der Waals surface area contributed by atoms with E-state index in [1.54, 1.807) is 18.8 Å². The Balaban J connectivity index is 1.76. The lowest BCUT2D eigenvalue weighted by atomic mass is 10.1. The van der Waals surface area contributed by atoms with Crippen LogP contribution in [0.1, 0.15) is 26.2 Å². The van der Waals surface area contributed by atoms with E-state index in [-0.39, 0.29) is 6.54 Å². The summed E-state index contributed by atoms with van der Waals surface area (Å²) in [7, 11) is 1.58. The maximum atomic E-state index is 12.8. The zero-order valence-electron chi connectivity index (χ0n) is 13.9. The van der Waals surface area contributed by atoms with E-state index < -0.39 is 23.9 Å². The standard InChI is InChI=1S/C15H21N4O4S/c1-3-4-7-23-10(20)9-19-13(21)11-12(17(2)15(19)22)16-14-18(11)6-5-8-24-14/h11H,3-9H2,1-2H3/q+1. The molecule has 0 aromatic rings. The van der Waals surface area contributed by atoms with Crippen LogP contribution in [0.5, 0.6) is 0 Å². The van der Waals surface area contributed by atoms with E-state index in [1.807, 2.05) is 11.5 Å². The van der Waals surface area contributed by atoms with Crippen LogP contribution in [-0.2, 0) is 14.3 Å². The molecule has 0 aliphatic carbocycles. The zero-order chi connectivity index (χ0) is 17.3. The maximum Gasteiger partial charge on any atom is 0.357 e. The first kappa shape index (κ1) is 16.9. The number of carbonyl (C=O) groups excluding carboxylic acids is 3. The van der Waals surface area contributed by atoms with Gasteiger partial charge in [-0.05, 0) is 29.6 Å². The average molecular weight is 353 g/mol. The highest BCUT2D eigenvalue weighted by atomic mass is 32.2. The molecular weight excluding hydrogens is 332 g/mol. The van der Waals surface area contributed by atoms with E-state index in [0.717, 1.165) is 41.6 Å². The number of aliphatic imine (C=N–C) groups is 1. The molecule has 0 aromatic carbocycles. The number of rotatable bonds is 5. The lowest BCUT2D eigenvalue weighted by Gasteiger charge is -2.32. The monoisotopic (exact) mass is 353 g/mol. The van der Waals surface area contributed by atoms with Gasteiger partial charge in [0.25, 0.3) is 17.8 Å². The number of fused-ring (bicyclic) bond motifs is 2. The van der Waals surface area contributed by atoms with Crippen LogP contribution in [0.15, 0.2) is 4.99 Å². The Morgan fingerprint density at radius 3 is 3.00 bits per heavy atom. The number of hydrogen-bond acceptors (Lipinski definition) is 6. The number of urea groups is 1. The summed E-state index contributed by atoms with van der Waals surface area (Å²) in [4.78, 5) is 44.0. The van der Waals surface area contributed by atoms with Gasteiger partial charge < -0.3 is 4.74 Å². The number of amidine groups is 2. The summed E-state index contributed by atoms with van der Waals surface area (Å²) in [6.45, 7) is 2.67. The molecule has 3 aliphatic heterocycles. The fourth-order valence-corrected chi connectivity index (χ4v) is 3.86. The summed E-state index contributed by atoms with van der Waals surface area (Å²) in [6.07, 6.45) is 2.62. The quantitative estimate of drug-likeness (QED) is 0.409. The Morgan fingerprint density at radius 2 is 2.25 bits per heavy atom. The van der Waals surface area contributed by atoms with Crippen molar-refractivity contribution in [2.45, 2.75) is 32.2 Å². The molecule has 24 heavy (non-hydrogen) atoms. The van der Waals surface area contributed by atoms with E-state index >= 15 is 0 Å². The lowest BCUT2D eigenvalue weighted by molar-refractivity contribution is -0.533. The van der Waals surface area contributed by atoms with Gasteiger partial charge in [-0.2, -0.15) is 0 Å². The highest BCUT2D eigenvalue weighted by molar-refractivity contribution is 8.13. The predicted octanol–water partition coefficient (Wildman–Crippen LogP) is 0.510. The van der Waals surface area contributed by atoms with Crippen molar-refractivity contribution >= 4 is 40.7 Å². The van der Waals surface area contributed by atoms with Crippen LogP contribution in [0.2, 0.25) is 0 Å². The summed E-state index contributed by atoms with van der Waals surface area (Å²) < 4.78 is 7.00. The van der Waals surface area contributed by atoms with Gasteiger partial charge in [0.15, 0.2) is 0 Å². The molecule has 0 aromatic heterocycles. The molecule has 0 bridgehead atoms. The molecule has 130 valence electrons. The molecule has 3 heterocycles. The molecule has 0 saturated carbocycles. The number of imide groups is 1. The lowest BCUT2D eigenvalue weighted by Crippen LogP contribution is -2.63. The Bertz CT molecular complexity index is 645. The second kappa shape index (κ2) is 6.92. The molecule has 8 nitrogen and oxygen atoms in total. The van der Waals surface area contributed by atoms with Crippen molar-refractivity contribution in [1.29, 1.82) is 0 Å². The zero-order valence-corrected chi connectivity index (χ0v) is 14.7. The summed E-state index contributed by atoms with van der Waals surface area (Å²) in [5, 5.41) is 0.779. The van der Waals surface area contributed by atoms with Crippen LogP contribution in [0.25, 0.3) is 0 Å². The Kier molecular flexibility index (Phi) is 4.88. The van der Waals surface area contributed by atoms with E-state index in [2.05, 4.69) is 4.99 Å². The minimum Gasteiger partial charge on any atom is -0.464 e. The van der Waals surface area contributed by atoms with Crippen LogP contribution in [0, 0.1) is 0 Å². The van der Waals surface area contributed by atoms with Gasteiger partial charge in [-0.1, -0.05) is 13.3 Å². The summed E-state index contributed by atoms with van der Waals surface area (Å²) in [5.41, 5.74) is 0. The van der Waals surface area contributed by atoms with Crippen LogP contribution >= 0.6 is 11.8 Å². The number of esters is 1. The Morgan fingerprint density at radius 1 is 1.46 bits per heavy atom. The number of nitrogens with zero attached hydrogens (tertiary/aromatic N) is 4. The number of hydrogen-bond donors (Lipinski definition) is 0. The number of ether oxygens (including phenoxy) is 1. The van der Waals surface area contributed by atoms with Gasteiger partial charge in [-0.15, -0.1) is 0 Å². The minimum absolute atomic E-state index is 0.304. The first-order chi connectivity index (χ1) is 11.5. The van der Waals surface area contributed by atoms with E-state index in [1.165, 1.54) is 4.90 Å². The number of thioether (sulfide) groups is 1. The van der Waals surface area contributed by atoms with Crippen LogP contribution in [-0.4, -0.2) is 81.8 Å². The van der Waals surface area contributed by atoms with Gasteiger partial charge in [0.2, 0.25) is 0 Å². The van der Waals surface area contributed by atoms with E-state index in [4.69, 9.17) is 4.74 Å². The molecule has 9 heteroatoms. The van der Waals surface area contributed by atoms with Crippen molar-refractivity contribution < 1.29 is 23.7 Å². The largest absolute Gasteiger partial charge is 0.464 e. The van der Waals surface area contributed by atoms with Crippen molar-refractivity contribution in [3.8, 4) is 0 Å². The number of carbonyl (C=O) groups is 3. The molecule has 1 atom stereocenters. The van der Waals surface area contributed by atoms with Crippen molar-refractivity contribution in [2.24, 2.45) is 4.99 Å². The highest BCUT2D eigenvalue weighted by Crippen LogP contribution is 2.26. The fourth-order valence-electron chi connectivity index (χ4n) is 2.89. The summed E-state index contributed by atoms with van der Waals surface area (Å²) in [6, 6.07) is -1.15. The second-order valence-electron chi connectivity index (χ2n) is 5.89. The van der Waals surface area contributed by atoms with E-state index in [0.29, 0.717) is 12.4 Å². The molecule has 1 fully saturated rings. The Labute approximate surface area is 144 Å². The molecule has 3 amide bonds. The van der Waals surface area contributed by atoms with E-state index in [9.17, 15) is 14.4 Å². The number of likely N-dealkylation sites (N-methyl/N-ethyl adjacent to an activating group) is 1. The SMILES string of the molecule is CCCCOC(=O)CN1C(=O)C2C(=NC3=[N+]2CCCS3)N(C)C1=O. The first-order valence-electron chi connectivity index (χ1n) is 8.14. The van der Waals surface area contributed by atoms with Gasteiger partial charge >= 0.3 is 17.2 Å². The molecule has 0 radical (unpaired) electrons. The van der Waals surface area contributed by atoms with Crippen molar-refractivity contribution in [3.05, 3.63) is 0 Å². The molecular formula is C15H21N4O4S+. The second-order valence-corrected chi connectivity index (χ2v) is 6.95. The van der Waals surface area contributed by atoms with Gasteiger partial charge in [-0.25, -0.2) is 14.3 Å². The molecule has 1 unspecified atom stereocenters. The van der Waals surface area contributed by atoms with Gasteiger partial charge in [0.05, 0.1) is 13.2 Å². The van der Waals surface area contributed by atoms with Gasteiger partial charge in [-0.3, -0.25) is 14.5 Å². The topological polar surface area (TPSA) is 82.3 Å². The van der Waals surface area contributed by atoms with Crippen LogP contribution in [0.3, 0.4) is 0 Å².